The molecule has 6 heteroatoms. The Balaban J connectivity index is 2.31. The molecule has 104 valence electrons. The van der Waals surface area contributed by atoms with Gasteiger partial charge in [-0.15, -0.1) is 0 Å². The zero-order valence-corrected chi connectivity index (χ0v) is 13.2. The largest absolute Gasteiger partial charge is 0.478 e. The van der Waals surface area contributed by atoms with Crippen LogP contribution in [0.2, 0.25) is 0 Å². The van der Waals surface area contributed by atoms with Crippen molar-refractivity contribution in [2.75, 3.05) is 0 Å². The number of nitrogens with zero attached hydrogens (tertiary/aromatic N) is 2. The van der Waals surface area contributed by atoms with Crippen LogP contribution in [0.15, 0.2) is 45.0 Å². The van der Waals surface area contributed by atoms with Crippen LogP contribution < -0.4 is 0 Å². The van der Waals surface area contributed by atoms with Gasteiger partial charge in [-0.2, -0.15) is 0 Å². The molecule has 2 rings (SSSR count). The minimum absolute atomic E-state index is 0.272. The highest BCUT2D eigenvalue weighted by Gasteiger charge is 2.12. The van der Waals surface area contributed by atoms with Gasteiger partial charge in [0.15, 0.2) is 0 Å². The molecule has 1 N–H and O–H groups in total. The van der Waals surface area contributed by atoms with Crippen molar-refractivity contribution in [3.63, 3.8) is 0 Å². The van der Waals surface area contributed by atoms with Crippen molar-refractivity contribution in [1.29, 1.82) is 0 Å². The molecule has 0 aliphatic carbocycles. The summed E-state index contributed by atoms with van der Waals surface area (Å²) in [7, 11) is 0. The second-order valence-electron chi connectivity index (χ2n) is 4.15. The predicted molar refractivity (Wildman–Crippen MR) is 81.3 cm³/mol. The van der Waals surface area contributed by atoms with Crippen LogP contribution in [0, 0.1) is 0 Å². The Bertz CT molecular complexity index is 634. The van der Waals surface area contributed by atoms with Crippen molar-refractivity contribution in [3.05, 3.63) is 46.3 Å². The molecule has 0 radical (unpaired) electrons. The van der Waals surface area contributed by atoms with E-state index >= 15 is 0 Å². The van der Waals surface area contributed by atoms with E-state index in [1.54, 1.807) is 18.2 Å². The molecule has 1 aromatic heterocycles. The molecule has 4 nitrogen and oxygen atoms in total. The number of aromatic nitrogens is 2. The molecule has 1 aromatic carbocycles. The summed E-state index contributed by atoms with van der Waals surface area (Å²) in [6, 6.07) is 7.00. The van der Waals surface area contributed by atoms with Gasteiger partial charge < -0.3 is 5.11 Å². The molecule has 0 amide bonds. The summed E-state index contributed by atoms with van der Waals surface area (Å²) < 4.78 is 0.841. The minimum Gasteiger partial charge on any atom is -0.478 e. The standard InChI is InChI=1S/C14H13BrN2O2S/c1-2-3-10-7-13(17-8-16-10)20-12-6-9(15)4-5-11(12)14(18)19/h4-8H,2-3H2,1H3,(H,18,19). The van der Waals surface area contributed by atoms with Crippen LogP contribution in [0.25, 0.3) is 0 Å². The first-order valence-corrected chi connectivity index (χ1v) is 7.72. The maximum Gasteiger partial charge on any atom is 0.336 e. The predicted octanol–water partition coefficient (Wildman–Crippen LogP) is 4.04. The van der Waals surface area contributed by atoms with Crippen LogP contribution >= 0.6 is 27.7 Å². The normalized spacial score (nSPS) is 10.5. The summed E-state index contributed by atoms with van der Waals surface area (Å²) in [6.45, 7) is 2.09. The number of aromatic carboxylic acids is 1. The van der Waals surface area contributed by atoms with Gasteiger partial charge in [0, 0.05) is 15.1 Å². The van der Waals surface area contributed by atoms with Crippen LogP contribution in [0.1, 0.15) is 29.4 Å². The van der Waals surface area contributed by atoms with E-state index in [-0.39, 0.29) is 5.56 Å². The van der Waals surface area contributed by atoms with E-state index in [1.807, 2.05) is 6.07 Å². The maximum absolute atomic E-state index is 11.2. The summed E-state index contributed by atoms with van der Waals surface area (Å²) >= 11 is 4.69. The second-order valence-corrected chi connectivity index (χ2v) is 6.12. The molecule has 20 heavy (non-hydrogen) atoms. The zero-order valence-electron chi connectivity index (χ0n) is 10.8. The molecule has 0 bridgehead atoms. The number of carbonyl (C=O) groups is 1. The highest BCUT2D eigenvalue weighted by Crippen LogP contribution is 2.31. The number of rotatable bonds is 5. The third-order valence-corrected chi connectivity index (χ3v) is 4.08. The van der Waals surface area contributed by atoms with Crippen LogP contribution in [0.3, 0.4) is 0 Å². The minimum atomic E-state index is -0.942. The lowest BCUT2D eigenvalue weighted by Crippen LogP contribution is -1.99. The topological polar surface area (TPSA) is 63.1 Å². The Labute approximate surface area is 129 Å². The van der Waals surface area contributed by atoms with E-state index in [2.05, 4.69) is 32.8 Å². The Morgan fingerprint density at radius 3 is 2.85 bits per heavy atom. The Morgan fingerprint density at radius 2 is 2.15 bits per heavy atom. The van der Waals surface area contributed by atoms with Gasteiger partial charge in [0.05, 0.1) is 5.56 Å². The average molecular weight is 353 g/mol. The third-order valence-electron chi connectivity index (χ3n) is 2.59. The SMILES string of the molecule is CCCc1cc(Sc2cc(Br)ccc2C(=O)O)ncn1. The highest BCUT2D eigenvalue weighted by atomic mass is 79.9. The van der Waals surface area contributed by atoms with Gasteiger partial charge in [0.25, 0.3) is 0 Å². The number of carboxylic acid groups (broad SMARTS) is 1. The van der Waals surface area contributed by atoms with Crippen molar-refractivity contribution in [2.45, 2.75) is 29.7 Å². The molecular formula is C14H13BrN2O2S. The summed E-state index contributed by atoms with van der Waals surface area (Å²) in [4.78, 5) is 20.3. The molecule has 0 unspecified atom stereocenters. The summed E-state index contributed by atoms with van der Waals surface area (Å²) in [5.74, 6) is -0.942. The van der Waals surface area contributed by atoms with Gasteiger partial charge in [-0.05, 0) is 30.7 Å². The second kappa shape index (κ2) is 6.85. The lowest BCUT2D eigenvalue weighted by atomic mass is 10.2. The van der Waals surface area contributed by atoms with Gasteiger partial charge >= 0.3 is 5.97 Å². The van der Waals surface area contributed by atoms with E-state index in [0.29, 0.717) is 4.90 Å². The van der Waals surface area contributed by atoms with Crippen LogP contribution in [-0.2, 0) is 6.42 Å². The number of aryl methyl sites for hydroxylation is 1. The average Bonchev–Trinajstić information content (AvgIpc) is 2.39. The lowest BCUT2D eigenvalue weighted by molar-refractivity contribution is 0.0693. The molecule has 0 aliphatic heterocycles. The van der Waals surface area contributed by atoms with Crippen molar-refractivity contribution in [1.82, 2.24) is 9.97 Å². The third kappa shape index (κ3) is 3.80. The lowest BCUT2D eigenvalue weighted by Gasteiger charge is -2.06. The first-order chi connectivity index (χ1) is 9.60. The van der Waals surface area contributed by atoms with E-state index in [0.717, 1.165) is 28.0 Å². The fraction of sp³-hybridized carbons (Fsp3) is 0.214. The number of benzene rings is 1. The van der Waals surface area contributed by atoms with Gasteiger partial charge in [0.1, 0.15) is 11.4 Å². The van der Waals surface area contributed by atoms with E-state index in [1.165, 1.54) is 18.1 Å². The van der Waals surface area contributed by atoms with Crippen LogP contribution in [0.5, 0.6) is 0 Å². The first-order valence-electron chi connectivity index (χ1n) is 6.11. The zero-order chi connectivity index (χ0) is 14.5. The summed E-state index contributed by atoms with van der Waals surface area (Å²) in [5, 5.41) is 9.97. The van der Waals surface area contributed by atoms with Crippen LogP contribution in [-0.4, -0.2) is 21.0 Å². The highest BCUT2D eigenvalue weighted by molar-refractivity contribution is 9.10. The Hall–Kier alpha value is -1.40. The van der Waals surface area contributed by atoms with Crippen molar-refractivity contribution in [3.8, 4) is 0 Å². The molecule has 0 aliphatic rings. The van der Waals surface area contributed by atoms with E-state index in [4.69, 9.17) is 0 Å². The van der Waals surface area contributed by atoms with Crippen molar-refractivity contribution >= 4 is 33.7 Å². The molecule has 1 heterocycles. The maximum atomic E-state index is 11.2. The van der Waals surface area contributed by atoms with Crippen LogP contribution in [0.4, 0.5) is 0 Å². The van der Waals surface area contributed by atoms with E-state index in [9.17, 15) is 9.90 Å². The van der Waals surface area contributed by atoms with E-state index < -0.39 is 5.97 Å². The van der Waals surface area contributed by atoms with Crippen molar-refractivity contribution in [2.24, 2.45) is 0 Å². The molecular weight excluding hydrogens is 340 g/mol. The summed E-state index contributed by atoms with van der Waals surface area (Å²) in [6.07, 6.45) is 3.42. The van der Waals surface area contributed by atoms with Crippen molar-refractivity contribution < 1.29 is 9.90 Å². The molecule has 0 saturated heterocycles. The smallest absolute Gasteiger partial charge is 0.336 e. The fourth-order valence-electron chi connectivity index (χ4n) is 1.70. The van der Waals surface area contributed by atoms with Gasteiger partial charge in [-0.25, -0.2) is 14.8 Å². The first kappa shape index (κ1) is 15.0. The number of hydrogen-bond donors (Lipinski definition) is 1. The molecule has 2 aromatic rings. The molecule has 0 atom stereocenters. The van der Waals surface area contributed by atoms with Gasteiger partial charge in [-0.1, -0.05) is 41.0 Å². The van der Waals surface area contributed by atoms with Gasteiger partial charge in [-0.3, -0.25) is 0 Å². The monoisotopic (exact) mass is 352 g/mol. The Kier molecular flexibility index (Phi) is 5.14. The summed E-state index contributed by atoms with van der Waals surface area (Å²) in [5.41, 5.74) is 1.24. The fourth-order valence-corrected chi connectivity index (χ4v) is 3.18. The molecule has 0 spiro atoms. The number of hydrogen-bond acceptors (Lipinski definition) is 4. The Morgan fingerprint density at radius 1 is 1.35 bits per heavy atom. The quantitative estimate of drug-likeness (QED) is 0.822. The van der Waals surface area contributed by atoms with Gasteiger partial charge in [0.2, 0.25) is 0 Å². The number of halogens is 1. The number of carboxylic acids is 1. The molecule has 0 saturated carbocycles. The molecule has 0 fully saturated rings.